The quantitative estimate of drug-likeness (QED) is 0.446. The fourth-order valence-electron chi connectivity index (χ4n) is 3.24. The van der Waals surface area contributed by atoms with Gasteiger partial charge in [0.15, 0.2) is 5.76 Å². The van der Waals surface area contributed by atoms with Crippen LogP contribution in [-0.4, -0.2) is 38.3 Å². The van der Waals surface area contributed by atoms with Crippen LogP contribution in [0, 0.1) is 6.92 Å². The molecule has 8 heteroatoms. The number of H-pyrrole nitrogens is 1. The number of benzene rings is 2. The lowest BCUT2D eigenvalue weighted by Gasteiger charge is -2.26. The maximum absolute atomic E-state index is 12.1. The number of aliphatic hydroxyl groups excluding tert-OH is 4. The van der Waals surface area contributed by atoms with Crippen LogP contribution in [0.15, 0.2) is 76.5 Å². The maximum atomic E-state index is 12.1. The van der Waals surface area contributed by atoms with Gasteiger partial charge in [-0.3, -0.25) is 4.79 Å². The molecule has 4 rings (SSSR count). The highest BCUT2D eigenvalue weighted by atomic mass is 16.7. The van der Waals surface area contributed by atoms with Crippen molar-refractivity contribution in [2.24, 2.45) is 0 Å². The summed E-state index contributed by atoms with van der Waals surface area (Å²) in [6.45, 7) is 1.11. The summed E-state index contributed by atoms with van der Waals surface area (Å²) in [6, 6.07) is 12.7. The van der Waals surface area contributed by atoms with E-state index in [0.717, 1.165) is 16.5 Å². The van der Waals surface area contributed by atoms with Gasteiger partial charge in [0.25, 0.3) is 5.56 Å². The average Bonchev–Trinajstić information content (AvgIpc) is 2.75. The van der Waals surface area contributed by atoms with Crippen LogP contribution in [-0.2, 0) is 4.74 Å². The van der Waals surface area contributed by atoms with Crippen LogP contribution in [0.1, 0.15) is 5.56 Å². The van der Waals surface area contributed by atoms with Crippen LogP contribution in [0.5, 0.6) is 5.75 Å². The van der Waals surface area contributed by atoms with E-state index >= 15 is 0 Å². The Kier molecular flexibility index (Phi) is 4.85. The second-order valence-corrected chi connectivity index (χ2v) is 6.82. The zero-order valence-corrected chi connectivity index (χ0v) is 15.9. The number of aliphatic hydroxyl groups is 4. The van der Waals surface area contributed by atoms with E-state index in [-0.39, 0.29) is 11.3 Å². The van der Waals surface area contributed by atoms with Crippen molar-refractivity contribution in [1.29, 1.82) is 0 Å². The molecule has 0 saturated carbocycles. The van der Waals surface area contributed by atoms with E-state index in [9.17, 15) is 25.2 Å². The van der Waals surface area contributed by atoms with Gasteiger partial charge in [0.05, 0.1) is 0 Å². The normalized spacial score (nSPS) is 16.7. The molecule has 1 aromatic heterocycles. The van der Waals surface area contributed by atoms with E-state index in [4.69, 9.17) is 9.47 Å². The monoisotopic (exact) mass is 409 g/mol. The SMILES string of the molecule is Cc1cc(-c2ccc3cc[nH]c(=O)c3c2)ccc1O[C@@H]1OC(CO)=C(O)C(O)=C1O. The number of rotatable bonds is 4. The van der Waals surface area contributed by atoms with Crippen molar-refractivity contribution in [3.05, 3.63) is 87.6 Å². The predicted octanol–water partition coefficient (Wildman–Crippen LogP) is 3.33. The second kappa shape index (κ2) is 7.49. The van der Waals surface area contributed by atoms with Crippen molar-refractivity contribution >= 4 is 10.8 Å². The van der Waals surface area contributed by atoms with Crippen LogP contribution in [0.3, 0.4) is 0 Å². The Morgan fingerprint density at radius 3 is 2.50 bits per heavy atom. The third-order valence-corrected chi connectivity index (χ3v) is 4.86. The van der Waals surface area contributed by atoms with Crippen molar-refractivity contribution in [3.63, 3.8) is 0 Å². The molecule has 0 saturated heterocycles. The molecule has 0 fully saturated rings. The smallest absolute Gasteiger partial charge is 0.303 e. The number of aromatic nitrogens is 1. The summed E-state index contributed by atoms with van der Waals surface area (Å²) in [5.41, 5.74) is 2.23. The Morgan fingerprint density at radius 1 is 1.03 bits per heavy atom. The fourth-order valence-corrected chi connectivity index (χ4v) is 3.24. The first-order valence-electron chi connectivity index (χ1n) is 9.10. The molecule has 1 atom stereocenters. The van der Waals surface area contributed by atoms with Crippen molar-refractivity contribution < 1.29 is 29.9 Å². The van der Waals surface area contributed by atoms with Crippen LogP contribution in [0.2, 0.25) is 0 Å². The number of nitrogens with one attached hydrogen (secondary N) is 1. The Hall–Kier alpha value is -3.91. The van der Waals surface area contributed by atoms with E-state index in [2.05, 4.69) is 4.98 Å². The minimum atomic E-state index is -1.42. The highest BCUT2D eigenvalue weighted by Gasteiger charge is 2.32. The van der Waals surface area contributed by atoms with Crippen molar-refractivity contribution in [3.8, 4) is 16.9 Å². The van der Waals surface area contributed by atoms with Gasteiger partial charge in [0.2, 0.25) is 17.3 Å². The largest absolute Gasteiger partial charge is 0.503 e. The molecule has 0 bridgehead atoms. The fraction of sp³-hybridized carbons (Fsp3) is 0.136. The van der Waals surface area contributed by atoms with Gasteiger partial charge in [0.1, 0.15) is 12.4 Å². The summed E-state index contributed by atoms with van der Waals surface area (Å²) < 4.78 is 10.8. The molecule has 154 valence electrons. The molecule has 0 amide bonds. The number of fused-ring (bicyclic) bond motifs is 1. The third kappa shape index (κ3) is 3.33. The lowest BCUT2D eigenvalue weighted by atomic mass is 10.0. The summed E-state index contributed by atoms with van der Waals surface area (Å²) >= 11 is 0. The molecule has 2 aromatic carbocycles. The number of aromatic amines is 1. The third-order valence-electron chi connectivity index (χ3n) is 4.86. The predicted molar refractivity (Wildman–Crippen MR) is 109 cm³/mol. The Morgan fingerprint density at radius 2 is 1.77 bits per heavy atom. The first kappa shape index (κ1) is 19.4. The molecular formula is C22H19NO7. The van der Waals surface area contributed by atoms with E-state index in [1.165, 1.54) is 0 Å². The average molecular weight is 409 g/mol. The highest BCUT2D eigenvalue weighted by Crippen LogP contribution is 2.31. The molecule has 1 aliphatic heterocycles. The molecule has 2 heterocycles. The van der Waals surface area contributed by atoms with Gasteiger partial charge in [-0.05, 0) is 53.3 Å². The number of pyridine rings is 1. The number of aryl methyl sites for hydroxylation is 1. The maximum Gasteiger partial charge on any atom is 0.303 e. The minimum absolute atomic E-state index is 0.168. The minimum Gasteiger partial charge on any atom is -0.503 e. The molecule has 3 aromatic rings. The van der Waals surface area contributed by atoms with Gasteiger partial charge in [0, 0.05) is 11.6 Å². The standard InChI is InChI=1S/C22H19NO7/c1-11-8-13(14-3-2-12-6-7-23-21(28)15(12)9-14)4-5-16(11)29-22-20(27)19(26)18(25)17(10-24)30-22/h2-9,22,24-27H,10H2,1H3,(H,23,28)/t22-/m1/s1. The van der Waals surface area contributed by atoms with E-state index in [1.807, 2.05) is 24.3 Å². The first-order chi connectivity index (χ1) is 14.4. The Balaban J connectivity index is 1.63. The zero-order valence-electron chi connectivity index (χ0n) is 15.9. The van der Waals surface area contributed by atoms with Gasteiger partial charge < -0.3 is 34.9 Å². The summed E-state index contributed by atoms with van der Waals surface area (Å²) in [4.78, 5) is 14.7. The van der Waals surface area contributed by atoms with E-state index in [0.29, 0.717) is 16.7 Å². The Bertz CT molecular complexity index is 1260. The lowest BCUT2D eigenvalue weighted by molar-refractivity contribution is -0.0672. The summed E-state index contributed by atoms with van der Waals surface area (Å²) in [6.07, 6.45) is 0.180. The molecule has 0 unspecified atom stereocenters. The summed E-state index contributed by atoms with van der Waals surface area (Å²) in [5, 5.41) is 40.1. The molecular weight excluding hydrogens is 390 g/mol. The number of hydrogen-bond acceptors (Lipinski definition) is 7. The van der Waals surface area contributed by atoms with Gasteiger partial charge >= 0.3 is 6.29 Å². The summed E-state index contributed by atoms with van der Waals surface area (Å²) in [5.74, 6) is -2.22. The molecule has 0 aliphatic carbocycles. The van der Waals surface area contributed by atoms with Crippen molar-refractivity contribution in [2.45, 2.75) is 13.2 Å². The Labute approximate surface area is 170 Å². The van der Waals surface area contributed by atoms with Crippen LogP contribution in [0.4, 0.5) is 0 Å². The molecule has 8 nitrogen and oxygen atoms in total. The number of ether oxygens (including phenoxy) is 2. The zero-order chi connectivity index (χ0) is 21.4. The molecule has 5 N–H and O–H groups in total. The van der Waals surface area contributed by atoms with Crippen molar-refractivity contribution in [2.75, 3.05) is 6.61 Å². The number of hydrogen-bond donors (Lipinski definition) is 5. The van der Waals surface area contributed by atoms with Gasteiger partial charge in [-0.1, -0.05) is 18.2 Å². The second-order valence-electron chi connectivity index (χ2n) is 6.82. The van der Waals surface area contributed by atoms with E-state index < -0.39 is 30.2 Å². The van der Waals surface area contributed by atoms with Crippen LogP contribution < -0.4 is 10.3 Å². The van der Waals surface area contributed by atoms with Gasteiger partial charge in [-0.15, -0.1) is 0 Å². The lowest BCUT2D eigenvalue weighted by Crippen LogP contribution is -2.30. The summed E-state index contributed by atoms with van der Waals surface area (Å²) in [7, 11) is 0. The van der Waals surface area contributed by atoms with Crippen LogP contribution in [0.25, 0.3) is 21.9 Å². The van der Waals surface area contributed by atoms with Gasteiger partial charge in [-0.25, -0.2) is 0 Å². The van der Waals surface area contributed by atoms with Crippen molar-refractivity contribution in [1.82, 2.24) is 4.98 Å². The molecule has 0 spiro atoms. The molecule has 1 aliphatic rings. The van der Waals surface area contributed by atoms with E-state index in [1.54, 1.807) is 31.3 Å². The highest BCUT2D eigenvalue weighted by molar-refractivity contribution is 5.86. The topological polar surface area (TPSA) is 132 Å². The van der Waals surface area contributed by atoms with Crippen LogP contribution >= 0.6 is 0 Å². The molecule has 30 heavy (non-hydrogen) atoms. The molecule has 0 radical (unpaired) electrons. The van der Waals surface area contributed by atoms with Gasteiger partial charge in [-0.2, -0.15) is 0 Å². The first-order valence-corrected chi connectivity index (χ1v) is 9.10.